The Hall–Kier alpha value is -0.880. The quantitative estimate of drug-likeness (QED) is 0.753. The maximum absolute atomic E-state index is 13.2. The Kier molecular flexibility index (Phi) is 4.40. The number of nitrogens with one attached hydrogen (secondary N) is 1. The summed E-state index contributed by atoms with van der Waals surface area (Å²) in [5, 5.41) is 3.23. The Balaban J connectivity index is 2.09. The summed E-state index contributed by atoms with van der Waals surface area (Å²) < 4.78 is 26.9. The van der Waals surface area contributed by atoms with Gasteiger partial charge in [-0.25, -0.2) is 8.78 Å². The molecular formula is C13H9ClF2IN. The third-order valence-electron chi connectivity index (χ3n) is 2.40. The zero-order valence-electron chi connectivity index (χ0n) is 9.18. The smallest absolute Gasteiger partial charge is 0.142 e. The first kappa shape index (κ1) is 13.5. The van der Waals surface area contributed by atoms with Crippen LogP contribution >= 0.6 is 34.2 Å². The van der Waals surface area contributed by atoms with E-state index in [-0.39, 0.29) is 10.8 Å². The molecule has 0 atom stereocenters. The molecule has 5 heteroatoms. The largest absolute Gasteiger partial charge is 0.380 e. The molecule has 0 saturated heterocycles. The summed E-state index contributed by atoms with van der Waals surface area (Å²) in [6, 6.07) is 9.12. The molecule has 94 valence electrons. The van der Waals surface area contributed by atoms with Crippen molar-refractivity contribution >= 4 is 39.9 Å². The molecule has 1 nitrogen and oxygen atoms in total. The summed E-state index contributed by atoms with van der Waals surface area (Å²) in [6.07, 6.45) is 0. The van der Waals surface area contributed by atoms with Crippen LogP contribution in [0.5, 0.6) is 0 Å². The zero-order valence-corrected chi connectivity index (χ0v) is 12.1. The van der Waals surface area contributed by atoms with Gasteiger partial charge in [-0.2, -0.15) is 0 Å². The molecular weight excluding hydrogens is 371 g/mol. The van der Waals surface area contributed by atoms with Crippen LogP contribution in [0.1, 0.15) is 5.56 Å². The molecule has 0 aliphatic carbocycles. The summed E-state index contributed by atoms with van der Waals surface area (Å²) in [4.78, 5) is 0. The van der Waals surface area contributed by atoms with Crippen molar-refractivity contribution < 1.29 is 8.78 Å². The molecule has 2 aromatic rings. The SMILES string of the molecule is Fc1ccc(NCc2ccc(Cl)c(F)c2)c(I)c1. The van der Waals surface area contributed by atoms with Gasteiger partial charge in [0.05, 0.1) is 5.02 Å². The number of anilines is 1. The monoisotopic (exact) mass is 379 g/mol. The molecule has 2 rings (SSSR count). The normalized spacial score (nSPS) is 10.4. The van der Waals surface area contributed by atoms with E-state index in [0.717, 1.165) is 14.8 Å². The highest BCUT2D eigenvalue weighted by atomic mass is 127. The standard InChI is InChI=1S/C13H9ClF2IN/c14-10-3-1-8(5-11(10)16)7-18-13-4-2-9(15)6-12(13)17/h1-6,18H,7H2. The second-order valence-electron chi connectivity index (χ2n) is 3.73. The van der Waals surface area contributed by atoms with Crippen LogP contribution < -0.4 is 5.32 Å². The fourth-order valence-corrected chi connectivity index (χ4v) is 2.27. The predicted octanol–water partition coefficient (Wildman–Crippen LogP) is 4.83. The molecule has 0 aromatic heterocycles. The average molecular weight is 380 g/mol. The van der Waals surface area contributed by atoms with Crippen molar-refractivity contribution in [3.63, 3.8) is 0 Å². The van der Waals surface area contributed by atoms with E-state index in [1.807, 2.05) is 22.6 Å². The van der Waals surface area contributed by atoms with Gasteiger partial charge < -0.3 is 5.32 Å². The second-order valence-corrected chi connectivity index (χ2v) is 5.30. The van der Waals surface area contributed by atoms with E-state index >= 15 is 0 Å². The van der Waals surface area contributed by atoms with Gasteiger partial charge in [0, 0.05) is 15.8 Å². The van der Waals surface area contributed by atoms with Gasteiger partial charge in [0.2, 0.25) is 0 Å². The van der Waals surface area contributed by atoms with Crippen molar-refractivity contribution in [1.29, 1.82) is 0 Å². The summed E-state index contributed by atoms with van der Waals surface area (Å²) in [5.74, 6) is -0.716. The van der Waals surface area contributed by atoms with Crippen LogP contribution in [0.4, 0.5) is 14.5 Å². The lowest BCUT2D eigenvalue weighted by Crippen LogP contribution is -2.01. The minimum atomic E-state index is -0.440. The molecule has 0 heterocycles. The highest BCUT2D eigenvalue weighted by molar-refractivity contribution is 14.1. The Labute approximate surface area is 122 Å². The van der Waals surface area contributed by atoms with Crippen molar-refractivity contribution in [1.82, 2.24) is 0 Å². The lowest BCUT2D eigenvalue weighted by atomic mass is 10.2. The van der Waals surface area contributed by atoms with Gasteiger partial charge in [0.1, 0.15) is 11.6 Å². The Morgan fingerprint density at radius 3 is 2.56 bits per heavy atom. The predicted molar refractivity (Wildman–Crippen MR) is 77.9 cm³/mol. The minimum absolute atomic E-state index is 0.107. The molecule has 0 aliphatic heterocycles. The average Bonchev–Trinajstić information content (AvgIpc) is 2.32. The first-order chi connectivity index (χ1) is 8.56. The molecule has 0 aliphatic rings. The number of benzene rings is 2. The summed E-state index contributed by atoms with van der Waals surface area (Å²) in [5.41, 5.74) is 1.59. The summed E-state index contributed by atoms with van der Waals surface area (Å²) in [7, 11) is 0. The van der Waals surface area contributed by atoms with E-state index in [0.29, 0.717) is 6.54 Å². The number of halogens is 4. The van der Waals surface area contributed by atoms with Gasteiger partial charge in [-0.3, -0.25) is 0 Å². The molecule has 0 bridgehead atoms. The van der Waals surface area contributed by atoms with Gasteiger partial charge in [-0.05, 0) is 58.5 Å². The Bertz CT molecular complexity index is 575. The molecule has 2 aromatic carbocycles. The topological polar surface area (TPSA) is 12.0 Å². The minimum Gasteiger partial charge on any atom is -0.380 e. The summed E-state index contributed by atoms with van der Waals surface area (Å²) in [6.45, 7) is 0.454. The van der Waals surface area contributed by atoms with Gasteiger partial charge >= 0.3 is 0 Å². The van der Waals surface area contributed by atoms with E-state index in [9.17, 15) is 8.78 Å². The third kappa shape index (κ3) is 3.32. The highest BCUT2D eigenvalue weighted by Gasteiger charge is 2.03. The van der Waals surface area contributed by atoms with E-state index < -0.39 is 5.82 Å². The molecule has 0 amide bonds. The van der Waals surface area contributed by atoms with E-state index in [2.05, 4.69) is 5.32 Å². The molecule has 1 N–H and O–H groups in total. The van der Waals surface area contributed by atoms with Gasteiger partial charge in [-0.1, -0.05) is 17.7 Å². The van der Waals surface area contributed by atoms with Crippen molar-refractivity contribution in [2.24, 2.45) is 0 Å². The number of hydrogen-bond donors (Lipinski definition) is 1. The van der Waals surface area contributed by atoms with Crippen LogP contribution in [-0.2, 0) is 6.54 Å². The lowest BCUT2D eigenvalue weighted by Gasteiger charge is -2.09. The van der Waals surface area contributed by atoms with Crippen LogP contribution in [0.15, 0.2) is 36.4 Å². The number of rotatable bonds is 3. The molecule has 0 saturated carbocycles. The highest BCUT2D eigenvalue weighted by Crippen LogP contribution is 2.21. The maximum Gasteiger partial charge on any atom is 0.142 e. The number of hydrogen-bond acceptors (Lipinski definition) is 1. The first-order valence-electron chi connectivity index (χ1n) is 5.19. The van der Waals surface area contributed by atoms with Crippen LogP contribution in [0.3, 0.4) is 0 Å². The Morgan fingerprint density at radius 1 is 1.11 bits per heavy atom. The molecule has 0 spiro atoms. The fourth-order valence-electron chi connectivity index (χ4n) is 1.48. The zero-order chi connectivity index (χ0) is 13.1. The molecule has 0 fully saturated rings. The Morgan fingerprint density at radius 2 is 1.89 bits per heavy atom. The molecule has 18 heavy (non-hydrogen) atoms. The second kappa shape index (κ2) is 5.84. The van der Waals surface area contributed by atoms with E-state index in [4.69, 9.17) is 11.6 Å². The van der Waals surface area contributed by atoms with Gasteiger partial charge in [-0.15, -0.1) is 0 Å². The van der Waals surface area contributed by atoms with Crippen molar-refractivity contribution in [3.05, 3.63) is 62.2 Å². The fraction of sp³-hybridized carbons (Fsp3) is 0.0769. The lowest BCUT2D eigenvalue weighted by molar-refractivity contribution is 0.626. The van der Waals surface area contributed by atoms with E-state index in [1.54, 1.807) is 12.1 Å². The van der Waals surface area contributed by atoms with E-state index in [1.165, 1.54) is 24.3 Å². The van der Waals surface area contributed by atoms with Crippen LogP contribution in [0, 0.1) is 15.2 Å². The van der Waals surface area contributed by atoms with Gasteiger partial charge in [0.25, 0.3) is 0 Å². The maximum atomic E-state index is 13.2. The first-order valence-corrected chi connectivity index (χ1v) is 6.65. The van der Waals surface area contributed by atoms with Crippen molar-refractivity contribution in [2.45, 2.75) is 6.54 Å². The van der Waals surface area contributed by atoms with Crippen LogP contribution in [0.2, 0.25) is 5.02 Å². The van der Waals surface area contributed by atoms with Crippen LogP contribution in [0.25, 0.3) is 0 Å². The van der Waals surface area contributed by atoms with Crippen molar-refractivity contribution in [2.75, 3.05) is 5.32 Å². The molecule has 0 radical (unpaired) electrons. The molecule has 0 unspecified atom stereocenters. The van der Waals surface area contributed by atoms with Gasteiger partial charge in [0.15, 0.2) is 0 Å². The van der Waals surface area contributed by atoms with Crippen LogP contribution in [-0.4, -0.2) is 0 Å². The third-order valence-corrected chi connectivity index (χ3v) is 3.60. The van der Waals surface area contributed by atoms with Crippen molar-refractivity contribution in [3.8, 4) is 0 Å². The summed E-state index contributed by atoms with van der Waals surface area (Å²) >= 11 is 7.65.